The van der Waals surface area contributed by atoms with Gasteiger partial charge in [0.25, 0.3) is 0 Å². The number of rotatable bonds is 5. The third-order valence-electron chi connectivity index (χ3n) is 2.13. The van der Waals surface area contributed by atoms with Gasteiger partial charge in [0.05, 0.1) is 16.7 Å². The zero-order chi connectivity index (χ0) is 12.0. The van der Waals surface area contributed by atoms with Crippen LogP contribution in [0.3, 0.4) is 0 Å². The molecule has 0 aliphatic heterocycles. The van der Waals surface area contributed by atoms with Gasteiger partial charge in [-0.05, 0) is 32.0 Å². The first-order chi connectivity index (χ1) is 7.67. The summed E-state index contributed by atoms with van der Waals surface area (Å²) in [5, 5.41) is 12.4. The van der Waals surface area contributed by atoms with Crippen molar-refractivity contribution in [2.75, 3.05) is 18.5 Å². The fourth-order valence-corrected chi connectivity index (χ4v) is 1.54. The molecule has 0 saturated carbocycles. The highest BCUT2D eigenvalue weighted by Gasteiger charge is 2.03. The van der Waals surface area contributed by atoms with E-state index in [0.29, 0.717) is 17.2 Å². The lowest BCUT2D eigenvalue weighted by molar-refractivity contribution is 0.0855. The number of benzene rings is 1. The van der Waals surface area contributed by atoms with Crippen molar-refractivity contribution < 1.29 is 4.74 Å². The van der Waals surface area contributed by atoms with E-state index >= 15 is 0 Å². The summed E-state index contributed by atoms with van der Waals surface area (Å²) in [4.78, 5) is 0. The van der Waals surface area contributed by atoms with Crippen LogP contribution in [0.1, 0.15) is 19.4 Å². The Labute approximate surface area is 101 Å². The maximum Gasteiger partial charge on any atom is 0.101 e. The number of nitriles is 1. The van der Waals surface area contributed by atoms with E-state index in [-0.39, 0.29) is 6.10 Å². The van der Waals surface area contributed by atoms with Gasteiger partial charge in [0, 0.05) is 18.8 Å². The Morgan fingerprint density at radius 3 is 2.88 bits per heavy atom. The Kier molecular flexibility index (Phi) is 5.10. The van der Waals surface area contributed by atoms with Crippen LogP contribution in [-0.2, 0) is 4.74 Å². The van der Waals surface area contributed by atoms with E-state index in [4.69, 9.17) is 21.6 Å². The van der Waals surface area contributed by atoms with Crippen LogP contribution >= 0.6 is 11.6 Å². The number of anilines is 1. The molecular formula is C12H15ClN2O. The van der Waals surface area contributed by atoms with Crippen LogP contribution < -0.4 is 5.32 Å². The van der Waals surface area contributed by atoms with Crippen LogP contribution in [0.5, 0.6) is 0 Å². The lowest BCUT2D eigenvalue weighted by Crippen LogP contribution is -2.19. The molecule has 1 aromatic rings. The molecule has 0 fully saturated rings. The normalized spacial score (nSPS) is 11.9. The molecule has 1 atom stereocenters. The Balaban J connectivity index is 2.56. The predicted octanol–water partition coefficient (Wildman–Crippen LogP) is 3.05. The van der Waals surface area contributed by atoms with Crippen molar-refractivity contribution in [2.24, 2.45) is 0 Å². The van der Waals surface area contributed by atoms with Gasteiger partial charge in [-0.1, -0.05) is 11.6 Å². The second kappa shape index (κ2) is 6.37. The van der Waals surface area contributed by atoms with Gasteiger partial charge in [-0.15, -0.1) is 0 Å². The minimum absolute atomic E-state index is 0.152. The van der Waals surface area contributed by atoms with Crippen LogP contribution in [-0.4, -0.2) is 19.3 Å². The van der Waals surface area contributed by atoms with E-state index < -0.39 is 0 Å². The van der Waals surface area contributed by atoms with Crippen molar-refractivity contribution in [3.63, 3.8) is 0 Å². The second-order valence-electron chi connectivity index (χ2n) is 3.45. The first-order valence-corrected chi connectivity index (χ1v) is 5.60. The number of hydrogen-bond donors (Lipinski definition) is 1. The highest BCUT2D eigenvalue weighted by Crippen LogP contribution is 2.20. The summed E-state index contributed by atoms with van der Waals surface area (Å²) < 4.78 is 5.39. The molecule has 4 heteroatoms. The average Bonchev–Trinajstić information content (AvgIpc) is 2.27. The maximum atomic E-state index is 8.72. The summed E-state index contributed by atoms with van der Waals surface area (Å²) >= 11 is 5.91. The fourth-order valence-electron chi connectivity index (χ4n) is 1.32. The fraction of sp³-hybridized carbons (Fsp3) is 0.417. The number of nitrogens with one attached hydrogen (secondary N) is 1. The molecule has 0 bridgehead atoms. The van der Waals surface area contributed by atoms with Gasteiger partial charge in [-0.3, -0.25) is 0 Å². The minimum Gasteiger partial charge on any atom is -0.382 e. The third kappa shape index (κ3) is 3.73. The molecule has 0 heterocycles. The third-order valence-corrected chi connectivity index (χ3v) is 2.45. The summed E-state index contributed by atoms with van der Waals surface area (Å²) in [6.07, 6.45) is 0.152. The zero-order valence-electron chi connectivity index (χ0n) is 9.46. The van der Waals surface area contributed by atoms with Gasteiger partial charge in [-0.2, -0.15) is 5.26 Å². The van der Waals surface area contributed by atoms with E-state index in [1.165, 1.54) is 0 Å². The molecular weight excluding hydrogens is 224 g/mol. The monoisotopic (exact) mass is 238 g/mol. The van der Waals surface area contributed by atoms with Gasteiger partial charge in [-0.25, -0.2) is 0 Å². The largest absolute Gasteiger partial charge is 0.382 e. The molecule has 1 aromatic carbocycles. The molecule has 0 saturated heterocycles. The molecule has 0 aliphatic rings. The standard InChI is InChI=1S/C12H15ClN2O/c1-3-16-9(2)8-15-11-5-4-10(7-14)12(13)6-11/h4-6,9,15H,3,8H2,1-2H3. The zero-order valence-corrected chi connectivity index (χ0v) is 10.2. The molecule has 0 spiro atoms. The molecule has 0 amide bonds. The van der Waals surface area contributed by atoms with Gasteiger partial charge >= 0.3 is 0 Å². The highest BCUT2D eigenvalue weighted by molar-refractivity contribution is 6.32. The molecule has 1 rings (SSSR count). The Morgan fingerprint density at radius 1 is 1.56 bits per heavy atom. The summed E-state index contributed by atoms with van der Waals surface area (Å²) in [5.41, 5.74) is 1.39. The van der Waals surface area contributed by atoms with E-state index in [0.717, 1.165) is 12.2 Å². The quantitative estimate of drug-likeness (QED) is 0.858. The molecule has 0 radical (unpaired) electrons. The molecule has 0 aliphatic carbocycles. The molecule has 86 valence electrons. The lowest BCUT2D eigenvalue weighted by Gasteiger charge is -2.13. The highest BCUT2D eigenvalue weighted by atomic mass is 35.5. The smallest absolute Gasteiger partial charge is 0.101 e. The van der Waals surface area contributed by atoms with Crippen LogP contribution in [0.25, 0.3) is 0 Å². The van der Waals surface area contributed by atoms with E-state index in [1.54, 1.807) is 12.1 Å². The van der Waals surface area contributed by atoms with Gasteiger partial charge in [0.2, 0.25) is 0 Å². The molecule has 1 unspecified atom stereocenters. The van der Waals surface area contributed by atoms with E-state index in [1.807, 2.05) is 26.0 Å². The summed E-state index contributed by atoms with van der Waals surface area (Å²) in [6, 6.07) is 7.31. The summed E-state index contributed by atoms with van der Waals surface area (Å²) in [6.45, 7) is 5.39. The number of nitrogens with zero attached hydrogens (tertiary/aromatic N) is 1. The van der Waals surface area contributed by atoms with Crippen molar-refractivity contribution >= 4 is 17.3 Å². The predicted molar refractivity (Wildman–Crippen MR) is 65.7 cm³/mol. The first-order valence-electron chi connectivity index (χ1n) is 5.22. The Morgan fingerprint density at radius 2 is 2.31 bits per heavy atom. The Hall–Kier alpha value is -1.24. The minimum atomic E-state index is 0.152. The van der Waals surface area contributed by atoms with Gasteiger partial charge in [0.15, 0.2) is 0 Å². The van der Waals surface area contributed by atoms with Gasteiger partial charge < -0.3 is 10.1 Å². The van der Waals surface area contributed by atoms with Gasteiger partial charge in [0.1, 0.15) is 6.07 Å². The topological polar surface area (TPSA) is 45.0 Å². The van der Waals surface area contributed by atoms with Crippen LogP contribution in [0.15, 0.2) is 18.2 Å². The SMILES string of the molecule is CCOC(C)CNc1ccc(C#N)c(Cl)c1. The second-order valence-corrected chi connectivity index (χ2v) is 3.86. The van der Waals surface area contributed by atoms with Crippen molar-refractivity contribution in [1.82, 2.24) is 0 Å². The van der Waals surface area contributed by atoms with E-state index in [9.17, 15) is 0 Å². The number of ether oxygens (including phenoxy) is 1. The molecule has 3 nitrogen and oxygen atoms in total. The number of hydrogen-bond acceptors (Lipinski definition) is 3. The maximum absolute atomic E-state index is 8.72. The van der Waals surface area contributed by atoms with Crippen molar-refractivity contribution in [1.29, 1.82) is 5.26 Å². The van der Waals surface area contributed by atoms with E-state index in [2.05, 4.69) is 5.32 Å². The molecule has 16 heavy (non-hydrogen) atoms. The molecule has 1 N–H and O–H groups in total. The van der Waals surface area contributed by atoms with Crippen LogP contribution in [0.2, 0.25) is 5.02 Å². The Bertz CT molecular complexity index is 387. The lowest BCUT2D eigenvalue weighted by atomic mass is 10.2. The average molecular weight is 239 g/mol. The summed E-state index contributed by atoms with van der Waals surface area (Å²) in [5.74, 6) is 0. The van der Waals surface area contributed by atoms with Crippen molar-refractivity contribution in [3.8, 4) is 6.07 Å². The van der Waals surface area contributed by atoms with Crippen LogP contribution in [0.4, 0.5) is 5.69 Å². The first kappa shape index (κ1) is 12.8. The van der Waals surface area contributed by atoms with Crippen LogP contribution in [0, 0.1) is 11.3 Å². The summed E-state index contributed by atoms with van der Waals surface area (Å²) in [7, 11) is 0. The van der Waals surface area contributed by atoms with Crippen molar-refractivity contribution in [3.05, 3.63) is 28.8 Å². The van der Waals surface area contributed by atoms with Crippen molar-refractivity contribution in [2.45, 2.75) is 20.0 Å². The molecule has 0 aromatic heterocycles. The number of halogens is 1.